The molecule has 0 radical (unpaired) electrons. The van der Waals surface area contributed by atoms with Gasteiger partial charge in [0.05, 0.1) is 0 Å². The number of hydrogen-bond donors (Lipinski definition) is 1. The second-order valence-corrected chi connectivity index (χ2v) is 5.87. The Hall–Kier alpha value is -1.39. The third kappa shape index (κ3) is 2.96. The van der Waals surface area contributed by atoms with E-state index in [-0.39, 0.29) is 11.4 Å². The van der Waals surface area contributed by atoms with Gasteiger partial charge in [-0.25, -0.2) is 0 Å². The second-order valence-electron chi connectivity index (χ2n) is 5.87. The summed E-state index contributed by atoms with van der Waals surface area (Å²) in [6.45, 7) is 7.26. The zero-order valence-corrected chi connectivity index (χ0v) is 12.0. The molecule has 1 amide bonds. The van der Waals surface area contributed by atoms with Crippen LogP contribution in [0.25, 0.3) is 0 Å². The Morgan fingerprint density at radius 1 is 1.37 bits per heavy atom. The van der Waals surface area contributed by atoms with E-state index in [2.05, 4.69) is 25.8 Å². The standard InChI is InChI=1S/C15H23N3O/c1-15(2)11-18(8-7-17(15)3)14(19)13-6-4-5-12(9-13)10-16/h4-6,9H,7-8,10-11,16H2,1-3H3. The third-order valence-electron chi connectivity index (χ3n) is 4.01. The molecule has 104 valence electrons. The highest BCUT2D eigenvalue weighted by molar-refractivity contribution is 5.94. The molecule has 0 atom stereocenters. The molecule has 0 spiro atoms. The van der Waals surface area contributed by atoms with Crippen LogP contribution in [0.15, 0.2) is 24.3 Å². The van der Waals surface area contributed by atoms with Crippen LogP contribution >= 0.6 is 0 Å². The Bertz CT molecular complexity index is 470. The van der Waals surface area contributed by atoms with Crippen molar-refractivity contribution < 1.29 is 4.79 Å². The van der Waals surface area contributed by atoms with Crippen molar-refractivity contribution in [2.45, 2.75) is 25.9 Å². The van der Waals surface area contributed by atoms with Gasteiger partial charge in [-0.3, -0.25) is 9.69 Å². The molecule has 2 rings (SSSR count). The fraction of sp³-hybridized carbons (Fsp3) is 0.533. The molecule has 1 saturated heterocycles. The van der Waals surface area contributed by atoms with Gasteiger partial charge in [-0.2, -0.15) is 0 Å². The van der Waals surface area contributed by atoms with Crippen molar-refractivity contribution >= 4 is 5.91 Å². The SMILES string of the molecule is CN1CCN(C(=O)c2cccc(CN)c2)CC1(C)C. The number of nitrogens with zero attached hydrogens (tertiary/aromatic N) is 2. The lowest BCUT2D eigenvalue weighted by molar-refractivity contribution is 0.0311. The number of nitrogens with two attached hydrogens (primary N) is 1. The molecule has 4 nitrogen and oxygen atoms in total. The van der Waals surface area contributed by atoms with Crippen molar-refractivity contribution in [3.05, 3.63) is 35.4 Å². The summed E-state index contributed by atoms with van der Waals surface area (Å²) in [5.74, 6) is 0.108. The van der Waals surface area contributed by atoms with Crippen molar-refractivity contribution in [3.8, 4) is 0 Å². The topological polar surface area (TPSA) is 49.6 Å². The molecule has 0 saturated carbocycles. The van der Waals surface area contributed by atoms with Gasteiger partial charge < -0.3 is 10.6 Å². The average Bonchev–Trinajstić information content (AvgIpc) is 2.41. The van der Waals surface area contributed by atoms with Crippen LogP contribution in [0.5, 0.6) is 0 Å². The van der Waals surface area contributed by atoms with E-state index in [1.807, 2.05) is 29.2 Å². The maximum absolute atomic E-state index is 12.5. The fourth-order valence-corrected chi connectivity index (χ4v) is 2.43. The van der Waals surface area contributed by atoms with Gasteiger partial charge in [0.1, 0.15) is 0 Å². The van der Waals surface area contributed by atoms with E-state index >= 15 is 0 Å². The Morgan fingerprint density at radius 2 is 2.11 bits per heavy atom. The van der Waals surface area contributed by atoms with E-state index in [4.69, 9.17) is 5.73 Å². The predicted octanol–water partition coefficient (Wildman–Crippen LogP) is 1.31. The summed E-state index contributed by atoms with van der Waals surface area (Å²) in [6.07, 6.45) is 0. The number of benzene rings is 1. The summed E-state index contributed by atoms with van der Waals surface area (Å²) in [6, 6.07) is 7.61. The summed E-state index contributed by atoms with van der Waals surface area (Å²) < 4.78 is 0. The smallest absolute Gasteiger partial charge is 0.253 e. The van der Waals surface area contributed by atoms with E-state index in [1.54, 1.807) is 0 Å². The van der Waals surface area contributed by atoms with Crippen LogP contribution in [0.3, 0.4) is 0 Å². The van der Waals surface area contributed by atoms with Gasteiger partial charge in [-0.05, 0) is 38.6 Å². The molecule has 1 aliphatic heterocycles. The monoisotopic (exact) mass is 261 g/mol. The minimum absolute atomic E-state index is 0.0272. The normalized spacial score (nSPS) is 19.5. The first-order valence-electron chi connectivity index (χ1n) is 6.73. The van der Waals surface area contributed by atoms with Crippen molar-refractivity contribution in [1.29, 1.82) is 0 Å². The largest absolute Gasteiger partial charge is 0.336 e. The Morgan fingerprint density at radius 3 is 2.74 bits per heavy atom. The maximum Gasteiger partial charge on any atom is 0.253 e. The molecule has 1 fully saturated rings. The van der Waals surface area contributed by atoms with Crippen molar-refractivity contribution in [3.63, 3.8) is 0 Å². The van der Waals surface area contributed by atoms with Crippen LogP contribution in [0.4, 0.5) is 0 Å². The molecule has 1 aromatic carbocycles. The average molecular weight is 261 g/mol. The summed E-state index contributed by atoms with van der Waals surface area (Å²) in [5.41, 5.74) is 7.39. The van der Waals surface area contributed by atoms with Gasteiger partial charge in [-0.1, -0.05) is 12.1 Å². The summed E-state index contributed by atoms with van der Waals surface area (Å²) in [4.78, 5) is 16.8. The molecule has 0 aliphatic carbocycles. The number of likely N-dealkylation sites (N-methyl/N-ethyl adjacent to an activating group) is 1. The van der Waals surface area contributed by atoms with E-state index in [0.717, 1.165) is 30.8 Å². The molecule has 2 N–H and O–H groups in total. The second kappa shape index (κ2) is 5.31. The number of carbonyl (C=O) groups excluding carboxylic acids is 1. The summed E-state index contributed by atoms with van der Waals surface area (Å²) in [7, 11) is 2.11. The maximum atomic E-state index is 12.5. The van der Waals surface area contributed by atoms with Crippen LogP contribution in [0, 0.1) is 0 Å². The van der Waals surface area contributed by atoms with Crippen LogP contribution in [-0.4, -0.2) is 47.9 Å². The summed E-state index contributed by atoms with van der Waals surface area (Å²) in [5, 5.41) is 0. The molecular weight excluding hydrogens is 238 g/mol. The fourth-order valence-electron chi connectivity index (χ4n) is 2.43. The van der Waals surface area contributed by atoms with Crippen molar-refractivity contribution in [2.24, 2.45) is 5.73 Å². The summed E-state index contributed by atoms with van der Waals surface area (Å²) >= 11 is 0. The molecule has 1 aliphatic rings. The lowest BCUT2D eigenvalue weighted by atomic mass is 9.99. The molecule has 1 heterocycles. The highest BCUT2D eigenvalue weighted by atomic mass is 16.2. The first-order chi connectivity index (χ1) is 8.94. The lowest BCUT2D eigenvalue weighted by Gasteiger charge is -2.45. The lowest BCUT2D eigenvalue weighted by Crippen LogP contribution is -2.58. The molecule has 0 aromatic heterocycles. The van der Waals surface area contributed by atoms with Crippen molar-refractivity contribution in [1.82, 2.24) is 9.80 Å². The molecule has 0 unspecified atom stereocenters. The zero-order valence-electron chi connectivity index (χ0n) is 12.0. The quantitative estimate of drug-likeness (QED) is 0.873. The number of amides is 1. The number of hydrogen-bond acceptors (Lipinski definition) is 3. The van der Waals surface area contributed by atoms with Crippen LogP contribution in [0.2, 0.25) is 0 Å². The van der Waals surface area contributed by atoms with Crippen LogP contribution in [0.1, 0.15) is 29.8 Å². The van der Waals surface area contributed by atoms with Gasteiger partial charge in [0.2, 0.25) is 0 Å². The van der Waals surface area contributed by atoms with Crippen LogP contribution < -0.4 is 5.73 Å². The minimum atomic E-state index is 0.0272. The molecule has 0 bridgehead atoms. The molecule has 1 aromatic rings. The Kier molecular flexibility index (Phi) is 3.92. The van der Waals surface area contributed by atoms with Crippen LogP contribution in [-0.2, 0) is 6.54 Å². The zero-order chi connectivity index (χ0) is 14.0. The Labute approximate surface area is 115 Å². The van der Waals surface area contributed by atoms with E-state index in [0.29, 0.717) is 6.54 Å². The number of carbonyl (C=O) groups is 1. The first-order valence-corrected chi connectivity index (χ1v) is 6.73. The van der Waals surface area contributed by atoms with E-state index in [1.165, 1.54) is 0 Å². The van der Waals surface area contributed by atoms with Gasteiger partial charge in [0, 0.05) is 37.3 Å². The highest BCUT2D eigenvalue weighted by Gasteiger charge is 2.33. The molecule has 19 heavy (non-hydrogen) atoms. The predicted molar refractivity (Wildman–Crippen MR) is 76.9 cm³/mol. The third-order valence-corrected chi connectivity index (χ3v) is 4.01. The van der Waals surface area contributed by atoms with Crippen molar-refractivity contribution in [2.75, 3.05) is 26.7 Å². The Balaban J connectivity index is 2.15. The number of rotatable bonds is 2. The van der Waals surface area contributed by atoms with Gasteiger partial charge in [0.25, 0.3) is 5.91 Å². The minimum Gasteiger partial charge on any atom is -0.336 e. The molecule has 4 heteroatoms. The van der Waals surface area contributed by atoms with E-state index < -0.39 is 0 Å². The van der Waals surface area contributed by atoms with Gasteiger partial charge >= 0.3 is 0 Å². The number of piperazine rings is 1. The molecular formula is C15H23N3O. The van der Waals surface area contributed by atoms with Gasteiger partial charge in [-0.15, -0.1) is 0 Å². The first kappa shape index (κ1) is 14.0. The highest BCUT2D eigenvalue weighted by Crippen LogP contribution is 2.20. The van der Waals surface area contributed by atoms with Gasteiger partial charge in [0.15, 0.2) is 0 Å². The van der Waals surface area contributed by atoms with E-state index in [9.17, 15) is 4.79 Å².